The highest BCUT2D eigenvalue weighted by atomic mass is 35.5. The molecule has 2 aliphatic rings. The van der Waals surface area contributed by atoms with E-state index in [2.05, 4.69) is 16.7 Å². The van der Waals surface area contributed by atoms with Gasteiger partial charge >= 0.3 is 0 Å². The largest absolute Gasteiger partial charge is 0.494 e. The Morgan fingerprint density at radius 3 is 2.46 bits per heavy atom. The summed E-state index contributed by atoms with van der Waals surface area (Å²) >= 11 is 0. The van der Waals surface area contributed by atoms with Crippen LogP contribution in [0.5, 0.6) is 5.75 Å². The van der Waals surface area contributed by atoms with Gasteiger partial charge in [0.25, 0.3) is 5.91 Å². The van der Waals surface area contributed by atoms with E-state index < -0.39 is 0 Å². The van der Waals surface area contributed by atoms with Crippen LogP contribution in [0.15, 0.2) is 24.3 Å². The maximum Gasteiger partial charge on any atom is 0.254 e. The van der Waals surface area contributed by atoms with E-state index in [4.69, 9.17) is 4.74 Å². The average molecular weight is 409 g/mol. The number of nitrogens with zero attached hydrogens (tertiary/aromatic N) is 2. The van der Waals surface area contributed by atoms with E-state index in [-0.39, 0.29) is 18.3 Å². The van der Waals surface area contributed by atoms with Gasteiger partial charge in [-0.25, -0.2) is 0 Å². The van der Waals surface area contributed by atoms with Crippen LogP contribution in [0.2, 0.25) is 0 Å². The number of ether oxygens (including phenoxy) is 1. The highest BCUT2D eigenvalue weighted by molar-refractivity contribution is 5.94. The second-order valence-electron chi connectivity index (χ2n) is 8.07. The number of hydrogen-bond donors (Lipinski definition) is 0. The summed E-state index contributed by atoms with van der Waals surface area (Å²) in [7, 11) is 0. The maximum atomic E-state index is 13.1. The molecule has 0 radical (unpaired) electrons. The van der Waals surface area contributed by atoms with Crippen LogP contribution >= 0.6 is 12.4 Å². The highest BCUT2D eigenvalue weighted by Gasteiger charge is 2.28. The molecule has 0 N–H and O–H groups in total. The van der Waals surface area contributed by atoms with Crippen LogP contribution in [0.4, 0.5) is 0 Å². The Labute approximate surface area is 177 Å². The van der Waals surface area contributed by atoms with Crippen molar-refractivity contribution < 1.29 is 9.53 Å². The van der Waals surface area contributed by atoms with Crippen LogP contribution in [-0.2, 0) is 0 Å². The molecule has 1 unspecified atom stereocenters. The number of likely N-dealkylation sites (tertiary alicyclic amines) is 2. The molecule has 0 bridgehead atoms. The molecule has 28 heavy (non-hydrogen) atoms. The second-order valence-corrected chi connectivity index (χ2v) is 8.07. The molecule has 1 aromatic carbocycles. The van der Waals surface area contributed by atoms with Gasteiger partial charge in [0, 0.05) is 24.7 Å². The van der Waals surface area contributed by atoms with Gasteiger partial charge in [0.05, 0.1) is 6.61 Å². The Bertz CT molecular complexity index is 572. The molecule has 2 saturated heterocycles. The fourth-order valence-electron chi connectivity index (χ4n) is 4.28. The lowest BCUT2D eigenvalue weighted by atomic mass is 9.97. The first kappa shape index (κ1) is 23.0. The van der Waals surface area contributed by atoms with E-state index in [1.165, 1.54) is 38.8 Å². The zero-order valence-corrected chi connectivity index (χ0v) is 18.2. The van der Waals surface area contributed by atoms with Gasteiger partial charge < -0.3 is 14.5 Å². The first-order valence-electron chi connectivity index (χ1n) is 11.0. The first-order valence-corrected chi connectivity index (χ1v) is 11.0. The molecular formula is C23H37ClN2O2. The zero-order valence-electron chi connectivity index (χ0n) is 17.4. The number of benzene rings is 1. The van der Waals surface area contributed by atoms with Crippen LogP contribution < -0.4 is 4.74 Å². The van der Waals surface area contributed by atoms with Crippen molar-refractivity contribution in [2.75, 3.05) is 32.8 Å². The summed E-state index contributed by atoms with van der Waals surface area (Å²) in [5, 5.41) is 0. The molecule has 0 spiro atoms. The third-order valence-electron chi connectivity index (χ3n) is 5.98. The number of carbonyl (C=O) groups is 1. The summed E-state index contributed by atoms with van der Waals surface area (Å²) in [5.41, 5.74) is 0.794. The van der Waals surface area contributed by atoms with Gasteiger partial charge in [0.1, 0.15) is 5.75 Å². The monoisotopic (exact) mass is 408 g/mol. The summed E-state index contributed by atoms with van der Waals surface area (Å²) in [4.78, 5) is 17.8. The molecule has 2 heterocycles. The van der Waals surface area contributed by atoms with E-state index >= 15 is 0 Å². The molecule has 2 fully saturated rings. The van der Waals surface area contributed by atoms with Crippen molar-refractivity contribution in [2.45, 2.75) is 70.8 Å². The quantitative estimate of drug-likeness (QED) is 0.557. The SMILES string of the molecule is CCCCOc1ccc(C(=O)N2CCCCC2CCN2CCCCC2)cc1.Cl. The van der Waals surface area contributed by atoms with Crippen molar-refractivity contribution in [3.8, 4) is 5.75 Å². The third kappa shape index (κ3) is 6.66. The molecule has 1 aromatic rings. The molecule has 3 rings (SSSR count). The lowest BCUT2D eigenvalue weighted by Gasteiger charge is -2.37. The molecule has 0 aliphatic carbocycles. The molecule has 1 atom stereocenters. The predicted octanol–water partition coefficient (Wildman–Crippen LogP) is 5.16. The van der Waals surface area contributed by atoms with E-state index in [0.29, 0.717) is 6.04 Å². The molecule has 2 aliphatic heterocycles. The smallest absolute Gasteiger partial charge is 0.254 e. The lowest BCUT2D eigenvalue weighted by molar-refractivity contribution is 0.0579. The minimum atomic E-state index is 0. The van der Waals surface area contributed by atoms with E-state index in [1.807, 2.05) is 24.3 Å². The Hall–Kier alpha value is -1.26. The van der Waals surface area contributed by atoms with Crippen LogP contribution in [-0.4, -0.2) is 54.5 Å². The Balaban J connectivity index is 0.00000280. The highest BCUT2D eigenvalue weighted by Crippen LogP contribution is 2.24. The average Bonchev–Trinajstić information content (AvgIpc) is 2.73. The summed E-state index contributed by atoms with van der Waals surface area (Å²) in [5.74, 6) is 1.05. The Morgan fingerprint density at radius 2 is 1.75 bits per heavy atom. The lowest BCUT2D eigenvalue weighted by Crippen LogP contribution is -2.45. The minimum absolute atomic E-state index is 0. The van der Waals surface area contributed by atoms with Crippen LogP contribution in [0.3, 0.4) is 0 Å². The third-order valence-corrected chi connectivity index (χ3v) is 5.98. The number of unbranched alkanes of at least 4 members (excludes halogenated alkanes) is 1. The first-order chi connectivity index (χ1) is 13.3. The maximum absolute atomic E-state index is 13.1. The van der Waals surface area contributed by atoms with Crippen molar-refractivity contribution in [1.29, 1.82) is 0 Å². The van der Waals surface area contributed by atoms with Crippen molar-refractivity contribution in [3.63, 3.8) is 0 Å². The van der Waals surface area contributed by atoms with Crippen LogP contribution in [0.1, 0.15) is 75.1 Å². The van der Waals surface area contributed by atoms with E-state index in [0.717, 1.165) is 63.1 Å². The number of hydrogen-bond acceptors (Lipinski definition) is 3. The Kier molecular flexibility index (Phi) is 10.1. The normalized spacial score (nSPS) is 20.5. The van der Waals surface area contributed by atoms with E-state index in [1.54, 1.807) is 0 Å². The molecule has 0 saturated carbocycles. The molecule has 5 heteroatoms. The number of rotatable bonds is 8. The predicted molar refractivity (Wildman–Crippen MR) is 118 cm³/mol. The fourth-order valence-corrected chi connectivity index (χ4v) is 4.28. The molecular weight excluding hydrogens is 372 g/mol. The molecule has 4 nitrogen and oxygen atoms in total. The zero-order chi connectivity index (χ0) is 18.9. The van der Waals surface area contributed by atoms with Crippen LogP contribution in [0.25, 0.3) is 0 Å². The van der Waals surface area contributed by atoms with Gasteiger partial charge in [0.2, 0.25) is 0 Å². The topological polar surface area (TPSA) is 32.8 Å². The fraction of sp³-hybridized carbons (Fsp3) is 0.696. The number of halogens is 1. The van der Waals surface area contributed by atoms with Gasteiger partial charge in [0.15, 0.2) is 0 Å². The van der Waals surface area contributed by atoms with Gasteiger partial charge in [-0.05, 0) is 82.3 Å². The second kappa shape index (κ2) is 12.3. The van der Waals surface area contributed by atoms with Crippen molar-refractivity contribution in [2.24, 2.45) is 0 Å². The number of carbonyl (C=O) groups excluding carboxylic acids is 1. The summed E-state index contributed by atoms with van der Waals surface area (Å²) < 4.78 is 5.72. The van der Waals surface area contributed by atoms with Gasteiger partial charge in [-0.3, -0.25) is 4.79 Å². The summed E-state index contributed by atoms with van der Waals surface area (Å²) in [6.07, 6.45) is 10.9. The van der Waals surface area contributed by atoms with Crippen molar-refractivity contribution in [3.05, 3.63) is 29.8 Å². The number of piperidine rings is 2. The van der Waals surface area contributed by atoms with Gasteiger partial charge in [-0.2, -0.15) is 0 Å². The summed E-state index contributed by atoms with van der Waals surface area (Å²) in [6.45, 7) is 7.41. The standard InChI is InChI=1S/C23H36N2O2.ClH/c1-2-3-19-27-22-12-10-20(11-13-22)23(26)25-17-8-5-9-21(25)14-18-24-15-6-4-7-16-24;/h10-13,21H,2-9,14-19H2,1H3;1H. The minimum Gasteiger partial charge on any atom is -0.494 e. The van der Waals surface area contributed by atoms with Crippen LogP contribution in [0, 0.1) is 0 Å². The Morgan fingerprint density at radius 1 is 1.04 bits per heavy atom. The molecule has 1 amide bonds. The molecule has 0 aromatic heterocycles. The van der Waals surface area contributed by atoms with Crippen molar-refractivity contribution >= 4 is 18.3 Å². The van der Waals surface area contributed by atoms with Gasteiger partial charge in [-0.15, -0.1) is 12.4 Å². The number of amides is 1. The van der Waals surface area contributed by atoms with E-state index in [9.17, 15) is 4.79 Å². The molecule has 158 valence electrons. The van der Waals surface area contributed by atoms with Gasteiger partial charge in [-0.1, -0.05) is 19.8 Å². The van der Waals surface area contributed by atoms with Crippen molar-refractivity contribution in [1.82, 2.24) is 9.80 Å². The summed E-state index contributed by atoms with van der Waals surface area (Å²) in [6, 6.07) is 8.14.